The van der Waals surface area contributed by atoms with Crippen molar-refractivity contribution in [1.29, 1.82) is 0 Å². The molecule has 1 N–H and O–H groups in total. The third kappa shape index (κ3) is 5.70. The van der Waals surface area contributed by atoms with E-state index in [1.54, 1.807) is 0 Å². The lowest BCUT2D eigenvalue weighted by atomic mass is 10.0. The molecule has 1 rings (SSSR count). The standard InChI is InChI=1S/C15H32N2O2S/c1-5-6-7-8-14(4)17-11-9-15(10-12-17)20(18,19)16-13(2)3/h13-16H,5-12H2,1-4H3. The molecule has 4 nitrogen and oxygen atoms in total. The molecule has 1 saturated heterocycles. The number of unbranched alkanes of at least 4 members (excludes halogenated alkanes) is 2. The predicted molar refractivity (Wildman–Crippen MR) is 85.4 cm³/mol. The van der Waals surface area contributed by atoms with Crippen LogP contribution in [-0.4, -0.2) is 43.7 Å². The first kappa shape index (κ1) is 17.9. The number of hydrogen-bond acceptors (Lipinski definition) is 3. The number of nitrogens with one attached hydrogen (secondary N) is 1. The van der Waals surface area contributed by atoms with Crippen molar-refractivity contribution in [2.75, 3.05) is 13.1 Å². The third-order valence-electron chi connectivity index (χ3n) is 4.16. The van der Waals surface area contributed by atoms with Crippen LogP contribution in [0, 0.1) is 0 Å². The van der Waals surface area contributed by atoms with Crippen molar-refractivity contribution in [1.82, 2.24) is 9.62 Å². The molecule has 1 fully saturated rings. The minimum Gasteiger partial charge on any atom is -0.301 e. The van der Waals surface area contributed by atoms with Crippen molar-refractivity contribution in [2.24, 2.45) is 0 Å². The van der Waals surface area contributed by atoms with Gasteiger partial charge in [-0.2, -0.15) is 0 Å². The Hall–Kier alpha value is -0.130. The van der Waals surface area contributed by atoms with E-state index in [0.29, 0.717) is 6.04 Å². The molecule has 1 aliphatic heterocycles. The molecular formula is C15H32N2O2S. The largest absolute Gasteiger partial charge is 0.301 e. The number of likely N-dealkylation sites (tertiary alicyclic amines) is 1. The van der Waals surface area contributed by atoms with E-state index in [-0.39, 0.29) is 11.3 Å². The zero-order valence-corrected chi connectivity index (χ0v) is 14.4. The Labute approximate surface area is 125 Å². The van der Waals surface area contributed by atoms with Crippen molar-refractivity contribution >= 4 is 10.0 Å². The second-order valence-corrected chi connectivity index (χ2v) is 8.39. The highest BCUT2D eigenvalue weighted by atomic mass is 32.2. The highest BCUT2D eigenvalue weighted by Gasteiger charge is 2.31. The second kappa shape index (κ2) is 8.35. The van der Waals surface area contributed by atoms with Gasteiger partial charge in [0.1, 0.15) is 0 Å². The van der Waals surface area contributed by atoms with E-state index in [2.05, 4.69) is 23.5 Å². The normalized spacial score (nSPS) is 20.4. The first-order chi connectivity index (χ1) is 9.36. The quantitative estimate of drug-likeness (QED) is 0.702. The molecule has 5 heteroatoms. The lowest BCUT2D eigenvalue weighted by Gasteiger charge is -2.36. The molecule has 0 spiro atoms. The molecule has 0 amide bonds. The Morgan fingerprint density at radius 1 is 1.15 bits per heavy atom. The fourth-order valence-corrected chi connectivity index (χ4v) is 4.60. The van der Waals surface area contributed by atoms with Crippen LogP contribution < -0.4 is 4.72 Å². The smallest absolute Gasteiger partial charge is 0.214 e. The number of hydrogen-bond donors (Lipinski definition) is 1. The number of nitrogens with zero attached hydrogens (tertiary/aromatic N) is 1. The molecule has 0 bridgehead atoms. The fourth-order valence-electron chi connectivity index (χ4n) is 2.92. The van der Waals surface area contributed by atoms with Gasteiger partial charge >= 0.3 is 0 Å². The maximum absolute atomic E-state index is 12.2. The van der Waals surface area contributed by atoms with Crippen LogP contribution in [0.2, 0.25) is 0 Å². The van der Waals surface area contributed by atoms with Crippen LogP contribution in [0.5, 0.6) is 0 Å². The van der Waals surface area contributed by atoms with Gasteiger partial charge in [0.05, 0.1) is 5.25 Å². The van der Waals surface area contributed by atoms with E-state index in [1.807, 2.05) is 13.8 Å². The van der Waals surface area contributed by atoms with Crippen LogP contribution in [0.15, 0.2) is 0 Å². The Morgan fingerprint density at radius 3 is 2.25 bits per heavy atom. The van der Waals surface area contributed by atoms with E-state index < -0.39 is 10.0 Å². The number of sulfonamides is 1. The maximum atomic E-state index is 12.2. The van der Waals surface area contributed by atoms with Gasteiger partial charge < -0.3 is 4.90 Å². The Morgan fingerprint density at radius 2 is 1.75 bits per heavy atom. The molecule has 20 heavy (non-hydrogen) atoms. The van der Waals surface area contributed by atoms with E-state index in [0.717, 1.165) is 25.9 Å². The highest BCUT2D eigenvalue weighted by Crippen LogP contribution is 2.21. The summed E-state index contributed by atoms with van der Waals surface area (Å²) in [6, 6.07) is 0.578. The summed E-state index contributed by atoms with van der Waals surface area (Å²) < 4.78 is 27.0. The minimum atomic E-state index is -3.13. The first-order valence-corrected chi connectivity index (χ1v) is 9.66. The van der Waals surface area contributed by atoms with Gasteiger partial charge in [0.25, 0.3) is 0 Å². The molecule has 0 aliphatic carbocycles. The molecular weight excluding hydrogens is 272 g/mol. The van der Waals surface area contributed by atoms with E-state index >= 15 is 0 Å². The molecule has 0 saturated carbocycles. The Bertz CT molecular complexity index is 360. The van der Waals surface area contributed by atoms with Crippen LogP contribution in [-0.2, 0) is 10.0 Å². The molecule has 0 aromatic heterocycles. The summed E-state index contributed by atoms with van der Waals surface area (Å²) >= 11 is 0. The molecule has 120 valence electrons. The summed E-state index contributed by atoms with van der Waals surface area (Å²) in [6.45, 7) is 10.1. The minimum absolute atomic E-state index is 0.00834. The molecule has 0 aromatic carbocycles. The summed E-state index contributed by atoms with van der Waals surface area (Å²) in [5.74, 6) is 0. The summed E-state index contributed by atoms with van der Waals surface area (Å²) in [6.07, 6.45) is 6.60. The monoisotopic (exact) mass is 304 g/mol. The van der Waals surface area contributed by atoms with Gasteiger partial charge in [0.15, 0.2) is 0 Å². The molecule has 1 atom stereocenters. The average Bonchev–Trinajstić information content (AvgIpc) is 2.37. The highest BCUT2D eigenvalue weighted by molar-refractivity contribution is 7.90. The first-order valence-electron chi connectivity index (χ1n) is 8.12. The van der Waals surface area contributed by atoms with E-state index in [1.165, 1.54) is 25.7 Å². The summed E-state index contributed by atoms with van der Waals surface area (Å²) in [7, 11) is -3.13. The van der Waals surface area contributed by atoms with Crippen molar-refractivity contribution in [3.8, 4) is 0 Å². The molecule has 1 heterocycles. The topological polar surface area (TPSA) is 49.4 Å². The molecule has 0 aromatic rings. The Balaban J connectivity index is 2.39. The van der Waals surface area contributed by atoms with Gasteiger partial charge in [-0.15, -0.1) is 0 Å². The summed E-state index contributed by atoms with van der Waals surface area (Å²) in [5.41, 5.74) is 0. The van der Waals surface area contributed by atoms with Gasteiger partial charge in [0, 0.05) is 12.1 Å². The SMILES string of the molecule is CCCCCC(C)N1CCC(S(=O)(=O)NC(C)C)CC1. The lowest BCUT2D eigenvalue weighted by molar-refractivity contribution is 0.165. The van der Waals surface area contributed by atoms with Crippen LogP contribution in [0.4, 0.5) is 0 Å². The van der Waals surface area contributed by atoms with Gasteiger partial charge in [-0.05, 0) is 53.1 Å². The molecule has 1 aliphatic rings. The maximum Gasteiger partial charge on any atom is 0.214 e. The summed E-state index contributed by atoms with van der Waals surface area (Å²) in [5, 5.41) is -0.205. The van der Waals surface area contributed by atoms with Crippen molar-refractivity contribution in [3.05, 3.63) is 0 Å². The fraction of sp³-hybridized carbons (Fsp3) is 1.00. The third-order valence-corrected chi connectivity index (χ3v) is 6.31. The number of rotatable bonds is 8. The van der Waals surface area contributed by atoms with Crippen LogP contribution in [0.25, 0.3) is 0 Å². The van der Waals surface area contributed by atoms with E-state index in [9.17, 15) is 8.42 Å². The second-order valence-electron chi connectivity index (χ2n) is 6.40. The Kier molecular flexibility index (Phi) is 7.48. The van der Waals surface area contributed by atoms with Crippen LogP contribution >= 0.6 is 0 Å². The van der Waals surface area contributed by atoms with E-state index in [4.69, 9.17) is 0 Å². The van der Waals surface area contributed by atoms with Crippen molar-refractivity contribution in [3.63, 3.8) is 0 Å². The van der Waals surface area contributed by atoms with Crippen LogP contribution in [0.1, 0.15) is 66.2 Å². The van der Waals surface area contributed by atoms with Gasteiger partial charge in [-0.3, -0.25) is 0 Å². The van der Waals surface area contributed by atoms with Gasteiger partial charge in [-0.1, -0.05) is 26.2 Å². The molecule has 0 radical (unpaired) electrons. The number of piperidine rings is 1. The predicted octanol–water partition coefficient (Wildman–Crippen LogP) is 2.75. The van der Waals surface area contributed by atoms with Crippen molar-refractivity contribution in [2.45, 2.75) is 83.6 Å². The van der Waals surface area contributed by atoms with Crippen molar-refractivity contribution < 1.29 is 8.42 Å². The zero-order valence-electron chi connectivity index (χ0n) is 13.6. The van der Waals surface area contributed by atoms with Gasteiger partial charge in [-0.25, -0.2) is 13.1 Å². The zero-order chi connectivity index (χ0) is 15.2. The van der Waals surface area contributed by atoms with Crippen LogP contribution in [0.3, 0.4) is 0 Å². The lowest BCUT2D eigenvalue weighted by Crippen LogP contribution is -2.47. The average molecular weight is 305 g/mol. The van der Waals surface area contributed by atoms with Gasteiger partial charge in [0.2, 0.25) is 10.0 Å². The summed E-state index contributed by atoms with van der Waals surface area (Å²) in [4.78, 5) is 2.46. The molecule has 1 unspecified atom stereocenters.